The molecule has 0 bridgehead atoms. The van der Waals surface area contributed by atoms with Gasteiger partial charge in [0.05, 0.1) is 24.4 Å². The summed E-state index contributed by atoms with van der Waals surface area (Å²) in [4.78, 5) is 11.9. The van der Waals surface area contributed by atoms with Gasteiger partial charge >= 0.3 is 5.76 Å². The molecule has 0 saturated heterocycles. The van der Waals surface area contributed by atoms with E-state index in [1.54, 1.807) is 6.07 Å². The lowest BCUT2D eigenvalue weighted by molar-refractivity contribution is 0.297. The van der Waals surface area contributed by atoms with Crippen molar-refractivity contribution in [1.82, 2.24) is 20.0 Å². The molecule has 0 spiro atoms. The Kier molecular flexibility index (Phi) is 5.25. The zero-order valence-electron chi connectivity index (χ0n) is 13.4. The van der Waals surface area contributed by atoms with Crippen molar-refractivity contribution in [1.29, 1.82) is 0 Å². The van der Waals surface area contributed by atoms with Crippen LogP contribution in [-0.2, 0) is 27.3 Å². The fourth-order valence-electron chi connectivity index (χ4n) is 2.16. The first-order valence-corrected chi connectivity index (χ1v) is 9.48. The van der Waals surface area contributed by atoms with E-state index in [1.165, 1.54) is 10.8 Å². The third kappa shape index (κ3) is 4.39. The number of aromatic nitrogens is 4. The average molecular weight is 405 g/mol. The molecule has 11 nitrogen and oxygen atoms in total. The molecule has 140 valence electrons. The highest BCUT2D eigenvalue weighted by atomic mass is 35.5. The molecule has 0 amide bonds. The van der Waals surface area contributed by atoms with Gasteiger partial charge in [0.2, 0.25) is 5.82 Å². The zero-order valence-corrected chi connectivity index (χ0v) is 15.0. The molecule has 0 aliphatic carbocycles. The summed E-state index contributed by atoms with van der Waals surface area (Å²) in [6.45, 7) is -0.00444. The molecule has 0 aliphatic rings. The minimum absolute atomic E-state index is 0.0217. The lowest BCUT2D eigenvalue weighted by Gasteiger charge is -2.02. The number of aryl methyl sites for hydroxylation is 1. The Labute approximate surface area is 151 Å². The third-order valence-corrected chi connectivity index (χ3v) is 4.04. The van der Waals surface area contributed by atoms with Crippen LogP contribution in [0, 0.1) is 0 Å². The van der Waals surface area contributed by atoms with Crippen molar-refractivity contribution >= 4 is 21.7 Å². The van der Waals surface area contributed by atoms with Crippen LogP contribution < -0.4 is 5.76 Å². The molecule has 0 fully saturated rings. The molecule has 3 heterocycles. The highest BCUT2D eigenvalue weighted by molar-refractivity contribution is 7.85. The van der Waals surface area contributed by atoms with Crippen LogP contribution in [0.4, 0.5) is 0 Å². The van der Waals surface area contributed by atoms with Gasteiger partial charge in [0.1, 0.15) is 17.7 Å². The van der Waals surface area contributed by atoms with Crippen molar-refractivity contribution in [3.05, 3.63) is 39.4 Å². The molecule has 3 aromatic rings. The highest BCUT2D eigenvalue weighted by Gasteiger charge is 2.22. The van der Waals surface area contributed by atoms with Gasteiger partial charge in [-0.05, 0) is 18.0 Å². The molecule has 0 radical (unpaired) electrons. The van der Waals surface area contributed by atoms with E-state index in [4.69, 9.17) is 25.2 Å². The molecular formula is C13H13ClN4O7S. The molecule has 3 rings (SSSR count). The summed E-state index contributed by atoms with van der Waals surface area (Å²) in [5.74, 6) is -0.203. The van der Waals surface area contributed by atoms with Gasteiger partial charge < -0.3 is 4.42 Å². The first kappa shape index (κ1) is 18.4. The quantitative estimate of drug-likeness (QED) is 0.395. The molecule has 0 atom stereocenters. The first-order chi connectivity index (χ1) is 12.3. The van der Waals surface area contributed by atoms with E-state index in [2.05, 4.69) is 19.7 Å². The maximum atomic E-state index is 11.9. The Morgan fingerprint density at radius 3 is 2.81 bits per heavy atom. The van der Waals surface area contributed by atoms with Crippen molar-refractivity contribution in [2.75, 3.05) is 12.9 Å². The van der Waals surface area contributed by atoms with Crippen LogP contribution >= 0.6 is 11.6 Å². The zero-order chi connectivity index (χ0) is 18.7. The molecule has 0 unspecified atom stereocenters. The smallest absolute Gasteiger partial charge is 0.442 e. The summed E-state index contributed by atoms with van der Waals surface area (Å²) < 4.78 is 42.4. The van der Waals surface area contributed by atoms with Gasteiger partial charge in [-0.25, -0.2) is 14.0 Å². The van der Waals surface area contributed by atoms with E-state index in [9.17, 15) is 13.2 Å². The predicted octanol–water partition coefficient (Wildman–Crippen LogP) is 1.09. The standard InChI is InChI=1S/C13H13ClN4O7S/c1-26(20,21)23-4-2-3-10-11(16-25-15-10)12-17-24-13(19)18(12)6-9-5-8(14)7-22-9/h5,7H,2-4,6H2,1H3. The second kappa shape index (κ2) is 7.43. The summed E-state index contributed by atoms with van der Waals surface area (Å²) in [7, 11) is -3.52. The average Bonchev–Trinajstić information content (AvgIpc) is 3.26. The van der Waals surface area contributed by atoms with Gasteiger partial charge in [-0.3, -0.25) is 8.71 Å². The van der Waals surface area contributed by atoms with Gasteiger partial charge in [0.25, 0.3) is 10.1 Å². The van der Waals surface area contributed by atoms with E-state index in [0.29, 0.717) is 29.3 Å². The van der Waals surface area contributed by atoms with Crippen LogP contribution in [0.3, 0.4) is 0 Å². The van der Waals surface area contributed by atoms with E-state index in [-0.39, 0.29) is 24.7 Å². The molecule has 0 N–H and O–H groups in total. The fourth-order valence-corrected chi connectivity index (χ4v) is 2.75. The number of halogens is 1. The van der Waals surface area contributed by atoms with Crippen LogP contribution in [0.2, 0.25) is 5.02 Å². The molecule has 0 aromatic carbocycles. The Balaban J connectivity index is 1.78. The number of hydrogen-bond acceptors (Lipinski definition) is 10. The minimum Gasteiger partial charge on any atom is -0.466 e. The number of nitrogens with zero attached hydrogens (tertiary/aromatic N) is 4. The van der Waals surface area contributed by atoms with Crippen LogP contribution in [0.5, 0.6) is 0 Å². The number of furan rings is 1. The molecular weight excluding hydrogens is 392 g/mol. The first-order valence-electron chi connectivity index (χ1n) is 7.29. The van der Waals surface area contributed by atoms with Gasteiger partial charge in [-0.2, -0.15) is 8.42 Å². The van der Waals surface area contributed by atoms with Crippen LogP contribution in [0.1, 0.15) is 17.9 Å². The number of hydrogen-bond donors (Lipinski definition) is 0. The van der Waals surface area contributed by atoms with Gasteiger partial charge in [0.15, 0.2) is 5.69 Å². The molecule has 26 heavy (non-hydrogen) atoms. The summed E-state index contributed by atoms with van der Waals surface area (Å²) in [5.41, 5.74) is 0.578. The predicted molar refractivity (Wildman–Crippen MR) is 86.0 cm³/mol. The SMILES string of the molecule is CS(=O)(=O)OCCCc1nonc1-c1noc(=O)n1Cc1cc(Cl)co1. The lowest BCUT2D eigenvalue weighted by atomic mass is 10.2. The minimum atomic E-state index is -3.52. The largest absolute Gasteiger partial charge is 0.466 e. The summed E-state index contributed by atoms with van der Waals surface area (Å²) in [6, 6.07) is 1.55. The van der Waals surface area contributed by atoms with Crippen LogP contribution in [0.25, 0.3) is 11.5 Å². The highest BCUT2D eigenvalue weighted by Crippen LogP contribution is 2.21. The van der Waals surface area contributed by atoms with Gasteiger partial charge in [-0.1, -0.05) is 21.9 Å². The molecule has 0 aliphatic heterocycles. The van der Waals surface area contributed by atoms with E-state index in [1.807, 2.05) is 0 Å². The molecule has 3 aromatic heterocycles. The van der Waals surface area contributed by atoms with Crippen molar-refractivity contribution in [3.8, 4) is 11.5 Å². The van der Waals surface area contributed by atoms with Crippen LogP contribution in [-0.4, -0.2) is 41.3 Å². The summed E-state index contributed by atoms with van der Waals surface area (Å²) in [5, 5.41) is 11.6. The molecule has 13 heteroatoms. The Hall–Kier alpha value is -2.44. The Morgan fingerprint density at radius 2 is 2.12 bits per heavy atom. The normalized spacial score (nSPS) is 11.9. The van der Waals surface area contributed by atoms with Gasteiger partial charge in [-0.15, -0.1) is 0 Å². The van der Waals surface area contributed by atoms with E-state index >= 15 is 0 Å². The topological polar surface area (TPSA) is 143 Å². The van der Waals surface area contributed by atoms with Crippen molar-refractivity contribution in [2.24, 2.45) is 0 Å². The lowest BCUT2D eigenvalue weighted by Crippen LogP contribution is -2.16. The Bertz CT molecular complexity index is 1050. The fraction of sp³-hybridized carbons (Fsp3) is 0.385. The molecule has 0 saturated carbocycles. The monoisotopic (exact) mass is 404 g/mol. The van der Waals surface area contributed by atoms with E-state index in [0.717, 1.165) is 6.26 Å². The maximum Gasteiger partial charge on any atom is 0.442 e. The van der Waals surface area contributed by atoms with Crippen molar-refractivity contribution in [2.45, 2.75) is 19.4 Å². The number of rotatable bonds is 8. The summed E-state index contributed by atoms with van der Waals surface area (Å²) >= 11 is 5.80. The Morgan fingerprint density at radius 1 is 1.31 bits per heavy atom. The van der Waals surface area contributed by atoms with Gasteiger partial charge in [0, 0.05) is 6.07 Å². The second-order valence-electron chi connectivity index (χ2n) is 5.28. The van der Waals surface area contributed by atoms with Crippen molar-refractivity contribution in [3.63, 3.8) is 0 Å². The van der Waals surface area contributed by atoms with E-state index < -0.39 is 15.9 Å². The second-order valence-corrected chi connectivity index (χ2v) is 7.36. The third-order valence-electron chi connectivity index (χ3n) is 3.25. The van der Waals surface area contributed by atoms with Crippen molar-refractivity contribution < 1.29 is 26.2 Å². The summed E-state index contributed by atoms with van der Waals surface area (Å²) in [6.07, 6.45) is 2.93. The van der Waals surface area contributed by atoms with Crippen LogP contribution in [0.15, 0.2) is 30.7 Å². The maximum absolute atomic E-state index is 11.9.